The lowest BCUT2D eigenvalue weighted by Crippen LogP contribution is -2.29. The molecule has 1 saturated heterocycles. The summed E-state index contributed by atoms with van der Waals surface area (Å²) in [7, 11) is 0. The molecule has 106 valence electrons. The lowest BCUT2D eigenvalue weighted by molar-refractivity contribution is 0.213. The Morgan fingerprint density at radius 2 is 1.79 bits per heavy atom. The molecule has 0 unspecified atom stereocenters. The zero-order valence-electron chi connectivity index (χ0n) is 11.8. The van der Waals surface area contributed by atoms with Crippen LogP contribution in [0.1, 0.15) is 31.2 Å². The maximum Gasteiger partial charge on any atom is 0.122 e. The lowest BCUT2D eigenvalue weighted by atomic mass is 10.1. The van der Waals surface area contributed by atoms with Gasteiger partial charge in [0.05, 0.1) is 0 Å². The van der Waals surface area contributed by atoms with Crippen LogP contribution in [-0.4, -0.2) is 37.7 Å². The molecule has 0 radical (unpaired) electrons. The van der Waals surface area contributed by atoms with Crippen molar-refractivity contribution in [2.75, 3.05) is 32.8 Å². The molecule has 2 rings (SSSR count). The number of nitrogens with zero attached hydrogens (tertiary/aromatic N) is 1. The predicted octanol–water partition coefficient (Wildman–Crippen LogP) is 2.44. The number of hydrogen-bond donors (Lipinski definition) is 1. The van der Waals surface area contributed by atoms with Crippen molar-refractivity contribution in [3.05, 3.63) is 29.8 Å². The highest BCUT2D eigenvalue weighted by molar-refractivity contribution is 5.33. The molecular weight excluding hydrogens is 236 g/mol. The SMILES string of the molecule is NCCc1ccccc1OCCN1CCCCCC1. The van der Waals surface area contributed by atoms with E-state index in [2.05, 4.69) is 11.0 Å². The van der Waals surface area contributed by atoms with Gasteiger partial charge in [0.25, 0.3) is 0 Å². The van der Waals surface area contributed by atoms with E-state index in [-0.39, 0.29) is 0 Å². The standard InChI is InChI=1S/C16H26N2O/c17-10-9-15-7-3-4-8-16(15)19-14-13-18-11-5-1-2-6-12-18/h3-4,7-8H,1-2,5-6,9-14,17H2. The number of para-hydroxylation sites is 1. The minimum absolute atomic E-state index is 0.673. The highest BCUT2D eigenvalue weighted by Gasteiger charge is 2.09. The summed E-state index contributed by atoms with van der Waals surface area (Å²) in [4.78, 5) is 2.53. The summed E-state index contributed by atoms with van der Waals surface area (Å²) >= 11 is 0. The maximum atomic E-state index is 5.94. The van der Waals surface area contributed by atoms with Crippen LogP contribution in [0.5, 0.6) is 5.75 Å². The van der Waals surface area contributed by atoms with Crippen molar-refractivity contribution >= 4 is 0 Å². The second-order valence-electron chi connectivity index (χ2n) is 5.25. The first kappa shape index (κ1) is 14.4. The molecule has 3 heteroatoms. The topological polar surface area (TPSA) is 38.5 Å². The summed E-state index contributed by atoms with van der Waals surface area (Å²) in [6.45, 7) is 4.95. The Kier molecular flexibility index (Phi) is 6.18. The highest BCUT2D eigenvalue weighted by Crippen LogP contribution is 2.18. The minimum Gasteiger partial charge on any atom is -0.492 e. The van der Waals surface area contributed by atoms with Gasteiger partial charge in [-0.05, 0) is 50.5 Å². The Hall–Kier alpha value is -1.06. The van der Waals surface area contributed by atoms with E-state index in [4.69, 9.17) is 10.5 Å². The average molecular weight is 262 g/mol. The van der Waals surface area contributed by atoms with Crippen LogP contribution in [0.25, 0.3) is 0 Å². The van der Waals surface area contributed by atoms with Crippen LogP contribution < -0.4 is 10.5 Å². The molecule has 1 aromatic carbocycles. The zero-order valence-corrected chi connectivity index (χ0v) is 11.8. The molecule has 19 heavy (non-hydrogen) atoms. The van der Waals surface area contributed by atoms with Crippen LogP contribution in [0.15, 0.2) is 24.3 Å². The summed E-state index contributed by atoms with van der Waals surface area (Å²) in [5, 5.41) is 0. The first-order chi connectivity index (χ1) is 9.40. The Balaban J connectivity index is 1.78. The summed E-state index contributed by atoms with van der Waals surface area (Å²) in [6, 6.07) is 8.23. The summed E-state index contributed by atoms with van der Waals surface area (Å²) in [6.07, 6.45) is 6.33. The number of rotatable bonds is 6. The van der Waals surface area contributed by atoms with Crippen molar-refractivity contribution in [3.8, 4) is 5.75 Å². The van der Waals surface area contributed by atoms with Gasteiger partial charge in [-0.3, -0.25) is 4.90 Å². The first-order valence-electron chi connectivity index (χ1n) is 7.53. The summed E-state index contributed by atoms with van der Waals surface area (Å²) in [5.41, 5.74) is 6.85. The third kappa shape index (κ3) is 4.84. The van der Waals surface area contributed by atoms with E-state index in [1.54, 1.807) is 0 Å². The lowest BCUT2D eigenvalue weighted by Gasteiger charge is -2.20. The van der Waals surface area contributed by atoms with E-state index in [0.29, 0.717) is 6.54 Å². The van der Waals surface area contributed by atoms with Gasteiger partial charge in [0.1, 0.15) is 12.4 Å². The quantitative estimate of drug-likeness (QED) is 0.856. The molecule has 0 aliphatic carbocycles. The number of nitrogens with two attached hydrogens (primary N) is 1. The van der Waals surface area contributed by atoms with Crippen molar-refractivity contribution in [1.29, 1.82) is 0 Å². The van der Waals surface area contributed by atoms with Crippen LogP contribution >= 0.6 is 0 Å². The van der Waals surface area contributed by atoms with E-state index in [1.807, 2.05) is 18.2 Å². The maximum absolute atomic E-state index is 5.94. The monoisotopic (exact) mass is 262 g/mol. The Labute approximate surface area is 116 Å². The fourth-order valence-corrected chi connectivity index (χ4v) is 2.65. The Bertz CT molecular complexity index is 360. The number of ether oxygens (including phenoxy) is 1. The Morgan fingerprint density at radius 1 is 1.05 bits per heavy atom. The molecule has 2 N–H and O–H groups in total. The number of hydrogen-bond acceptors (Lipinski definition) is 3. The summed E-state index contributed by atoms with van der Waals surface area (Å²) < 4.78 is 5.94. The minimum atomic E-state index is 0.673. The van der Waals surface area contributed by atoms with Gasteiger partial charge in [-0.15, -0.1) is 0 Å². The molecule has 0 spiro atoms. The average Bonchev–Trinajstić information content (AvgIpc) is 2.70. The molecular formula is C16H26N2O. The molecule has 1 heterocycles. The molecule has 0 saturated carbocycles. The van der Waals surface area contributed by atoms with Gasteiger partial charge in [-0.2, -0.15) is 0 Å². The fraction of sp³-hybridized carbons (Fsp3) is 0.625. The van der Waals surface area contributed by atoms with Crippen LogP contribution in [-0.2, 0) is 6.42 Å². The van der Waals surface area contributed by atoms with Gasteiger partial charge in [0.15, 0.2) is 0 Å². The smallest absolute Gasteiger partial charge is 0.122 e. The third-order valence-electron chi connectivity index (χ3n) is 3.75. The normalized spacial score (nSPS) is 17.1. The van der Waals surface area contributed by atoms with Gasteiger partial charge >= 0.3 is 0 Å². The molecule has 1 fully saturated rings. The highest BCUT2D eigenvalue weighted by atomic mass is 16.5. The van der Waals surface area contributed by atoms with Crippen molar-refractivity contribution in [2.45, 2.75) is 32.1 Å². The van der Waals surface area contributed by atoms with Gasteiger partial charge in [-0.1, -0.05) is 31.0 Å². The van der Waals surface area contributed by atoms with Crippen LogP contribution in [0, 0.1) is 0 Å². The molecule has 0 bridgehead atoms. The van der Waals surface area contributed by atoms with E-state index in [9.17, 15) is 0 Å². The molecule has 0 atom stereocenters. The predicted molar refractivity (Wildman–Crippen MR) is 79.6 cm³/mol. The van der Waals surface area contributed by atoms with E-state index >= 15 is 0 Å². The van der Waals surface area contributed by atoms with E-state index in [1.165, 1.54) is 44.3 Å². The van der Waals surface area contributed by atoms with Gasteiger partial charge < -0.3 is 10.5 Å². The van der Waals surface area contributed by atoms with E-state index < -0.39 is 0 Å². The first-order valence-corrected chi connectivity index (χ1v) is 7.53. The van der Waals surface area contributed by atoms with Crippen LogP contribution in [0.4, 0.5) is 0 Å². The Morgan fingerprint density at radius 3 is 2.53 bits per heavy atom. The zero-order chi connectivity index (χ0) is 13.3. The molecule has 3 nitrogen and oxygen atoms in total. The summed E-state index contributed by atoms with van der Waals surface area (Å²) in [5.74, 6) is 1.00. The molecule has 0 amide bonds. The fourth-order valence-electron chi connectivity index (χ4n) is 2.65. The largest absolute Gasteiger partial charge is 0.492 e. The van der Waals surface area contributed by atoms with Crippen molar-refractivity contribution in [2.24, 2.45) is 5.73 Å². The van der Waals surface area contributed by atoms with Crippen molar-refractivity contribution < 1.29 is 4.74 Å². The van der Waals surface area contributed by atoms with Gasteiger partial charge in [0, 0.05) is 6.54 Å². The molecule has 1 aromatic rings. The second kappa shape index (κ2) is 8.18. The molecule has 0 aromatic heterocycles. The van der Waals surface area contributed by atoms with Crippen molar-refractivity contribution in [1.82, 2.24) is 4.90 Å². The molecule has 1 aliphatic heterocycles. The second-order valence-corrected chi connectivity index (χ2v) is 5.25. The molecule has 1 aliphatic rings. The van der Waals surface area contributed by atoms with Gasteiger partial charge in [-0.25, -0.2) is 0 Å². The van der Waals surface area contributed by atoms with Crippen LogP contribution in [0.2, 0.25) is 0 Å². The number of benzene rings is 1. The van der Waals surface area contributed by atoms with Crippen LogP contribution in [0.3, 0.4) is 0 Å². The van der Waals surface area contributed by atoms with Crippen molar-refractivity contribution in [3.63, 3.8) is 0 Å². The van der Waals surface area contributed by atoms with E-state index in [0.717, 1.165) is 25.3 Å². The third-order valence-corrected chi connectivity index (χ3v) is 3.75. The van der Waals surface area contributed by atoms with Gasteiger partial charge in [0.2, 0.25) is 0 Å². The number of likely N-dealkylation sites (tertiary alicyclic amines) is 1.